The smallest absolute Gasteiger partial charge is 0.0111 e. The summed E-state index contributed by atoms with van der Waals surface area (Å²) >= 11 is 2.08. The van der Waals surface area contributed by atoms with Gasteiger partial charge in [0.1, 0.15) is 0 Å². The Kier molecular flexibility index (Phi) is 6.66. The van der Waals surface area contributed by atoms with Gasteiger partial charge in [0.2, 0.25) is 0 Å². The normalized spacial score (nSPS) is 16.9. The summed E-state index contributed by atoms with van der Waals surface area (Å²) in [7, 11) is 0. The van der Waals surface area contributed by atoms with Crippen LogP contribution in [0.3, 0.4) is 0 Å². The first-order valence-electron chi connectivity index (χ1n) is 6.21. The molecule has 0 saturated heterocycles. The van der Waals surface area contributed by atoms with E-state index in [1.165, 1.54) is 18.6 Å². The zero-order valence-corrected chi connectivity index (χ0v) is 12.2. The van der Waals surface area contributed by atoms with Crippen molar-refractivity contribution >= 4 is 11.8 Å². The molecule has 0 unspecified atom stereocenters. The van der Waals surface area contributed by atoms with Crippen molar-refractivity contribution in [2.24, 2.45) is 5.41 Å². The maximum Gasteiger partial charge on any atom is 0.0111 e. The fraction of sp³-hybridized carbons (Fsp3) is 0.857. The fourth-order valence-electron chi connectivity index (χ4n) is 2.12. The van der Waals surface area contributed by atoms with Gasteiger partial charge in [-0.1, -0.05) is 53.7 Å². The van der Waals surface area contributed by atoms with E-state index < -0.39 is 0 Å². The van der Waals surface area contributed by atoms with E-state index in [0.717, 1.165) is 6.42 Å². The molecule has 0 aliphatic rings. The van der Waals surface area contributed by atoms with Crippen molar-refractivity contribution in [3.8, 4) is 0 Å². The van der Waals surface area contributed by atoms with Crippen molar-refractivity contribution in [3.63, 3.8) is 0 Å². The summed E-state index contributed by atoms with van der Waals surface area (Å²) in [6.07, 6.45) is 8.39. The molecule has 1 heteroatoms. The average molecular weight is 228 g/mol. The largest absolute Gasteiger partial charge is 0.156 e. The maximum absolute atomic E-state index is 2.42. The molecule has 0 N–H and O–H groups in total. The number of rotatable bonds is 7. The highest BCUT2D eigenvalue weighted by molar-refractivity contribution is 8.00. The molecule has 0 amide bonds. The second-order valence-electron chi connectivity index (χ2n) is 5.19. The minimum Gasteiger partial charge on any atom is -0.156 e. The van der Waals surface area contributed by atoms with Crippen molar-refractivity contribution in [1.29, 1.82) is 0 Å². The molecule has 0 aromatic carbocycles. The fourth-order valence-corrected chi connectivity index (χ4v) is 3.33. The third-order valence-electron chi connectivity index (χ3n) is 2.93. The lowest BCUT2D eigenvalue weighted by Crippen LogP contribution is -2.26. The standard InChI is InChI=1S/C14H28S/c1-7-10-11-14(6,8-2)12-13(4,5)15-9-3/h10-11H,7-9,12H2,1-6H3/b11-10-/t14-/m0/s1. The lowest BCUT2D eigenvalue weighted by atomic mass is 9.79. The van der Waals surface area contributed by atoms with Crippen LogP contribution in [0, 0.1) is 5.41 Å². The SMILES string of the molecule is CC/C=C\[C@](C)(CC)CC(C)(C)SCC. The summed E-state index contributed by atoms with van der Waals surface area (Å²) < 4.78 is 0.400. The van der Waals surface area contributed by atoms with Gasteiger partial charge in [0, 0.05) is 4.75 Å². The van der Waals surface area contributed by atoms with Crippen LogP contribution in [0.25, 0.3) is 0 Å². The Balaban J connectivity index is 4.48. The van der Waals surface area contributed by atoms with Gasteiger partial charge in [0.15, 0.2) is 0 Å². The molecular formula is C14H28S. The highest BCUT2D eigenvalue weighted by Gasteiger charge is 2.28. The van der Waals surface area contributed by atoms with E-state index in [1.54, 1.807) is 0 Å². The second kappa shape index (κ2) is 6.62. The van der Waals surface area contributed by atoms with Crippen molar-refractivity contribution in [3.05, 3.63) is 12.2 Å². The summed E-state index contributed by atoms with van der Waals surface area (Å²) in [6.45, 7) is 13.9. The molecule has 1 atom stereocenters. The number of thioether (sulfide) groups is 1. The quantitative estimate of drug-likeness (QED) is 0.533. The van der Waals surface area contributed by atoms with Crippen LogP contribution in [0.15, 0.2) is 12.2 Å². The lowest BCUT2D eigenvalue weighted by molar-refractivity contribution is 0.340. The molecular weight excluding hydrogens is 200 g/mol. The molecule has 0 rings (SSSR count). The van der Waals surface area contributed by atoms with Gasteiger partial charge >= 0.3 is 0 Å². The topological polar surface area (TPSA) is 0 Å². The highest BCUT2D eigenvalue weighted by atomic mass is 32.2. The van der Waals surface area contributed by atoms with Gasteiger partial charge in [0.05, 0.1) is 0 Å². The van der Waals surface area contributed by atoms with E-state index >= 15 is 0 Å². The van der Waals surface area contributed by atoms with E-state index in [9.17, 15) is 0 Å². The molecule has 0 aromatic heterocycles. The molecule has 0 heterocycles. The first-order valence-corrected chi connectivity index (χ1v) is 7.19. The minimum atomic E-state index is 0.377. The monoisotopic (exact) mass is 228 g/mol. The molecule has 0 aliphatic carbocycles. The van der Waals surface area contributed by atoms with E-state index in [1.807, 2.05) is 0 Å². The Labute approximate surface area is 101 Å². The van der Waals surface area contributed by atoms with Crippen LogP contribution in [-0.2, 0) is 0 Å². The summed E-state index contributed by atoms with van der Waals surface area (Å²) in [4.78, 5) is 0. The van der Waals surface area contributed by atoms with Gasteiger partial charge < -0.3 is 0 Å². The summed E-state index contributed by atoms with van der Waals surface area (Å²) in [6, 6.07) is 0. The van der Waals surface area contributed by atoms with E-state index in [0.29, 0.717) is 10.2 Å². The van der Waals surface area contributed by atoms with Crippen LogP contribution in [-0.4, -0.2) is 10.5 Å². The molecule has 0 radical (unpaired) electrons. The summed E-state index contributed by atoms with van der Waals surface area (Å²) in [5.74, 6) is 1.21. The predicted octanol–water partition coefficient (Wildman–Crippen LogP) is 5.29. The second-order valence-corrected chi connectivity index (χ2v) is 7.16. The Morgan fingerprint density at radius 3 is 2.07 bits per heavy atom. The summed E-state index contributed by atoms with van der Waals surface area (Å²) in [5.41, 5.74) is 0.377. The van der Waals surface area contributed by atoms with Crippen LogP contribution in [0.4, 0.5) is 0 Å². The van der Waals surface area contributed by atoms with Crippen LogP contribution in [0.1, 0.15) is 60.8 Å². The van der Waals surface area contributed by atoms with Crippen LogP contribution >= 0.6 is 11.8 Å². The van der Waals surface area contributed by atoms with E-state index in [2.05, 4.69) is 65.5 Å². The number of hydrogen-bond donors (Lipinski definition) is 0. The maximum atomic E-state index is 2.42. The van der Waals surface area contributed by atoms with E-state index in [-0.39, 0.29) is 0 Å². The number of allylic oxidation sites excluding steroid dienone is 2. The first kappa shape index (κ1) is 15.1. The lowest BCUT2D eigenvalue weighted by Gasteiger charge is -2.34. The highest BCUT2D eigenvalue weighted by Crippen LogP contribution is 2.40. The molecule has 0 saturated carbocycles. The molecule has 15 heavy (non-hydrogen) atoms. The molecule has 0 fully saturated rings. The minimum absolute atomic E-state index is 0.377. The first-order chi connectivity index (χ1) is 6.89. The Morgan fingerprint density at radius 1 is 1.07 bits per heavy atom. The Bertz CT molecular complexity index is 194. The molecule has 90 valence electrons. The van der Waals surface area contributed by atoms with Crippen molar-refractivity contribution < 1.29 is 0 Å². The van der Waals surface area contributed by atoms with Crippen molar-refractivity contribution in [1.82, 2.24) is 0 Å². The molecule has 0 spiro atoms. The molecule has 0 nitrogen and oxygen atoms in total. The van der Waals surface area contributed by atoms with E-state index in [4.69, 9.17) is 0 Å². The van der Waals surface area contributed by atoms with Crippen LogP contribution < -0.4 is 0 Å². The Morgan fingerprint density at radius 2 is 1.67 bits per heavy atom. The van der Waals surface area contributed by atoms with Gasteiger partial charge in [0.25, 0.3) is 0 Å². The molecule has 0 aromatic rings. The molecule has 0 bridgehead atoms. The zero-order chi connectivity index (χ0) is 11.9. The van der Waals surface area contributed by atoms with Gasteiger partial charge in [-0.3, -0.25) is 0 Å². The third kappa shape index (κ3) is 6.29. The predicted molar refractivity (Wildman–Crippen MR) is 74.7 cm³/mol. The Hall–Kier alpha value is 0.0900. The van der Waals surface area contributed by atoms with Crippen LogP contribution in [0.5, 0.6) is 0 Å². The van der Waals surface area contributed by atoms with Crippen LogP contribution in [0.2, 0.25) is 0 Å². The van der Waals surface area contributed by atoms with Gasteiger partial charge in [-0.2, -0.15) is 11.8 Å². The average Bonchev–Trinajstić information content (AvgIpc) is 2.14. The third-order valence-corrected chi connectivity index (χ3v) is 4.14. The number of hydrogen-bond acceptors (Lipinski definition) is 1. The summed E-state index contributed by atoms with van der Waals surface area (Å²) in [5, 5.41) is 0. The van der Waals surface area contributed by atoms with Crippen molar-refractivity contribution in [2.75, 3.05) is 5.75 Å². The zero-order valence-electron chi connectivity index (χ0n) is 11.4. The van der Waals surface area contributed by atoms with Crippen molar-refractivity contribution in [2.45, 2.75) is 65.6 Å². The van der Waals surface area contributed by atoms with Gasteiger partial charge in [-0.05, 0) is 30.4 Å². The molecule has 0 aliphatic heterocycles. The van der Waals surface area contributed by atoms with Gasteiger partial charge in [-0.15, -0.1) is 0 Å². The van der Waals surface area contributed by atoms with Gasteiger partial charge in [-0.25, -0.2) is 0 Å².